The number of ether oxygens (including phenoxy) is 1. The van der Waals surface area contributed by atoms with E-state index in [1.54, 1.807) is 7.11 Å². The maximum atomic E-state index is 10.3. The van der Waals surface area contributed by atoms with Crippen LogP contribution in [-0.4, -0.2) is 18.5 Å². The average molecular weight is 194 g/mol. The zero-order chi connectivity index (χ0) is 10.4. The number of carbonyl (C=O) groups excluding carboxylic acids is 1. The SMILES string of the molecule is COCc1ccc(CC=O)cc1CO. The van der Waals surface area contributed by atoms with Gasteiger partial charge in [-0.3, -0.25) is 0 Å². The monoisotopic (exact) mass is 194 g/mol. The molecule has 0 unspecified atom stereocenters. The summed E-state index contributed by atoms with van der Waals surface area (Å²) in [6.45, 7) is 0.461. The Labute approximate surface area is 83.3 Å². The summed E-state index contributed by atoms with van der Waals surface area (Å²) in [5.74, 6) is 0. The number of hydrogen-bond acceptors (Lipinski definition) is 3. The third-order valence-electron chi connectivity index (χ3n) is 2.06. The molecule has 0 saturated heterocycles. The van der Waals surface area contributed by atoms with Crippen molar-refractivity contribution in [2.24, 2.45) is 0 Å². The Morgan fingerprint density at radius 1 is 1.43 bits per heavy atom. The van der Waals surface area contributed by atoms with Gasteiger partial charge in [0.05, 0.1) is 13.2 Å². The standard InChI is InChI=1S/C11H14O3/c1-14-8-10-3-2-9(4-5-12)6-11(10)7-13/h2-3,5-6,13H,4,7-8H2,1H3. The summed E-state index contributed by atoms with van der Waals surface area (Å²) in [4.78, 5) is 10.3. The first-order chi connectivity index (χ1) is 6.81. The predicted molar refractivity (Wildman–Crippen MR) is 52.8 cm³/mol. The highest BCUT2D eigenvalue weighted by atomic mass is 16.5. The maximum Gasteiger partial charge on any atom is 0.124 e. The molecule has 0 spiro atoms. The highest BCUT2D eigenvalue weighted by Crippen LogP contribution is 2.13. The molecule has 0 atom stereocenters. The summed E-state index contributed by atoms with van der Waals surface area (Å²) in [5.41, 5.74) is 2.71. The lowest BCUT2D eigenvalue weighted by Gasteiger charge is -2.07. The second-order valence-electron chi connectivity index (χ2n) is 3.06. The molecule has 3 heteroatoms. The van der Waals surface area contributed by atoms with E-state index in [0.717, 1.165) is 23.0 Å². The van der Waals surface area contributed by atoms with Gasteiger partial charge in [-0.15, -0.1) is 0 Å². The number of aliphatic hydroxyl groups excluding tert-OH is 1. The maximum absolute atomic E-state index is 10.3. The molecule has 14 heavy (non-hydrogen) atoms. The molecule has 1 aromatic carbocycles. The minimum Gasteiger partial charge on any atom is -0.392 e. The second-order valence-corrected chi connectivity index (χ2v) is 3.06. The van der Waals surface area contributed by atoms with Crippen molar-refractivity contribution in [2.45, 2.75) is 19.6 Å². The second kappa shape index (κ2) is 5.52. The Morgan fingerprint density at radius 2 is 2.21 bits per heavy atom. The van der Waals surface area contributed by atoms with Gasteiger partial charge in [0, 0.05) is 13.5 Å². The molecule has 0 aliphatic rings. The zero-order valence-electron chi connectivity index (χ0n) is 8.19. The summed E-state index contributed by atoms with van der Waals surface area (Å²) < 4.78 is 4.99. The van der Waals surface area contributed by atoms with Crippen LogP contribution in [0, 0.1) is 0 Å². The largest absolute Gasteiger partial charge is 0.392 e. The normalized spacial score (nSPS) is 10.1. The van der Waals surface area contributed by atoms with E-state index in [4.69, 9.17) is 9.84 Å². The summed E-state index contributed by atoms with van der Waals surface area (Å²) in [6.07, 6.45) is 1.24. The van der Waals surface area contributed by atoms with Gasteiger partial charge in [-0.2, -0.15) is 0 Å². The van der Waals surface area contributed by atoms with Crippen LogP contribution in [0.4, 0.5) is 0 Å². The van der Waals surface area contributed by atoms with Crippen LogP contribution in [-0.2, 0) is 29.2 Å². The molecule has 0 saturated carbocycles. The van der Waals surface area contributed by atoms with Crippen LogP contribution in [0.1, 0.15) is 16.7 Å². The molecule has 0 radical (unpaired) electrons. The Morgan fingerprint density at radius 3 is 2.79 bits per heavy atom. The molecule has 0 aliphatic carbocycles. The predicted octanol–water partition coefficient (Wildman–Crippen LogP) is 1.07. The van der Waals surface area contributed by atoms with E-state index in [2.05, 4.69) is 0 Å². The molecule has 1 N–H and O–H groups in total. The van der Waals surface area contributed by atoms with Crippen molar-refractivity contribution in [1.82, 2.24) is 0 Å². The summed E-state index contributed by atoms with van der Waals surface area (Å²) in [6, 6.07) is 5.60. The fourth-order valence-electron chi connectivity index (χ4n) is 1.35. The van der Waals surface area contributed by atoms with Crippen LogP contribution >= 0.6 is 0 Å². The van der Waals surface area contributed by atoms with Gasteiger partial charge >= 0.3 is 0 Å². The van der Waals surface area contributed by atoms with E-state index in [1.807, 2.05) is 18.2 Å². The Hall–Kier alpha value is -1.19. The van der Waals surface area contributed by atoms with Crippen molar-refractivity contribution >= 4 is 6.29 Å². The summed E-state index contributed by atoms with van der Waals surface area (Å²) in [7, 11) is 1.61. The lowest BCUT2D eigenvalue weighted by atomic mass is 10.0. The molecular formula is C11H14O3. The van der Waals surface area contributed by atoms with E-state index in [1.165, 1.54) is 0 Å². The van der Waals surface area contributed by atoms with Gasteiger partial charge < -0.3 is 14.6 Å². The highest BCUT2D eigenvalue weighted by Gasteiger charge is 2.02. The molecular weight excluding hydrogens is 180 g/mol. The van der Waals surface area contributed by atoms with Gasteiger partial charge in [-0.25, -0.2) is 0 Å². The van der Waals surface area contributed by atoms with Crippen molar-refractivity contribution in [1.29, 1.82) is 0 Å². The molecule has 1 aromatic rings. The van der Waals surface area contributed by atoms with Gasteiger partial charge in [0.2, 0.25) is 0 Å². The van der Waals surface area contributed by atoms with Gasteiger partial charge in [0.15, 0.2) is 0 Å². The number of aliphatic hydroxyl groups is 1. The first-order valence-corrected chi connectivity index (χ1v) is 4.46. The number of hydrogen-bond donors (Lipinski definition) is 1. The van der Waals surface area contributed by atoms with Crippen LogP contribution in [0.3, 0.4) is 0 Å². The molecule has 76 valence electrons. The fourth-order valence-corrected chi connectivity index (χ4v) is 1.35. The lowest BCUT2D eigenvalue weighted by Crippen LogP contribution is -1.98. The average Bonchev–Trinajstić information content (AvgIpc) is 2.21. The first-order valence-electron chi connectivity index (χ1n) is 4.46. The zero-order valence-corrected chi connectivity index (χ0v) is 8.19. The number of rotatable bonds is 5. The number of aldehydes is 1. The van der Waals surface area contributed by atoms with E-state index in [-0.39, 0.29) is 6.61 Å². The first kappa shape index (κ1) is 10.9. The number of carbonyl (C=O) groups is 1. The molecule has 0 aliphatic heterocycles. The molecule has 0 heterocycles. The Kier molecular flexibility index (Phi) is 4.29. The molecule has 1 rings (SSSR count). The van der Waals surface area contributed by atoms with Gasteiger partial charge in [-0.05, 0) is 16.7 Å². The molecule has 0 amide bonds. The van der Waals surface area contributed by atoms with E-state index in [9.17, 15) is 4.79 Å². The Bertz CT molecular complexity index is 307. The fraction of sp³-hybridized carbons (Fsp3) is 0.364. The van der Waals surface area contributed by atoms with Crippen molar-refractivity contribution in [3.8, 4) is 0 Å². The highest BCUT2D eigenvalue weighted by molar-refractivity contribution is 5.55. The van der Waals surface area contributed by atoms with Crippen LogP contribution in [0.2, 0.25) is 0 Å². The topological polar surface area (TPSA) is 46.5 Å². The van der Waals surface area contributed by atoms with E-state index >= 15 is 0 Å². The minimum absolute atomic E-state index is 0.0224. The van der Waals surface area contributed by atoms with Crippen molar-refractivity contribution < 1.29 is 14.6 Å². The number of benzene rings is 1. The third-order valence-corrected chi connectivity index (χ3v) is 2.06. The van der Waals surface area contributed by atoms with Gasteiger partial charge in [0.1, 0.15) is 6.29 Å². The van der Waals surface area contributed by atoms with E-state index in [0.29, 0.717) is 13.0 Å². The van der Waals surface area contributed by atoms with Crippen molar-refractivity contribution in [3.05, 3.63) is 34.9 Å². The van der Waals surface area contributed by atoms with Crippen molar-refractivity contribution in [2.75, 3.05) is 7.11 Å². The third kappa shape index (κ3) is 2.65. The van der Waals surface area contributed by atoms with E-state index < -0.39 is 0 Å². The molecule has 0 aromatic heterocycles. The summed E-state index contributed by atoms with van der Waals surface area (Å²) >= 11 is 0. The molecule has 3 nitrogen and oxygen atoms in total. The van der Waals surface area contributed by atoms with Crippen LogP contribution in [0.5, 0.6) is 0 Å². The Balaban J connectivity index is 2.92. The lowest BCUT2D eigenvalue weighted by molar-refractivity contribution is -0.107. The quantitative estimate of drug-likeness (QED) is 0.713. The minimum atomic E-state index is -0.0224. The molecule has 0 fully saturated rings. The van der Waals surface area contributed by atoms with Crippen molar-refractivity contribution in [3.63, 3.8) is 0 Å². The molecule has 0 bridgehead atoms. The van der Waals surface area contributed by atoms with Gasteiger partial charge in [-0.1, -0.05) is 18.2 Å². The van der Waals surface area contributed by atoms with Crippen LogP contribution < -0.4 is 0 Å². The smallest absolute Gasteiger partial charge is 0.124 e. The summed E-state index contributed by atoms with van der Waals surface area (Å²) in [5, 5.41) is 9.09. The van der Waals surface area contributed by atoms with Gasteiger partial charge in [0.25, 0.3) is 0 Å². The van der Waals surface area contributed by atoms with Crippen LogP contribution in [0.25, 0.3) is 0 Å². The van der Waals surface area contributed by atoms with Crippen LogP contribution in [0.15, 0.2) is 18.2 Å². The number of methoxy groups -OCH3 is 1.